The van der Waals surface area contributed by atoms with Crippen LogP contribution in [0.15, 0.2) is 52.9 Å². The van der Waals surface area contributed by atoms with E-state index in [9.17, 15) is 9.59 Å². The van der Waals surface area contributed by atoms with E-state index in [0.717, 1.165) is 5.39 Å². The first kappa shape index (κ1) is 14.6. The molecule has 6 nitrogen and oxygen atoms in total. The van der Waals surface area contributed by atoms with E-state index in [1.54, 1.807) is 42.5 Å². The smallest absolute Gasteiger partial charge is 0.337 e. The number of fused-ring (bicyclic) bond motifs is 1. The molecule has 0 spiro atoms. The van der Waals surface area contributed by atoms with Crippen molar-refractivity contribution in [1.29, 1.82) is 0 Å². The molecule has 0 bridgehead atoms. The molecule has 0 aliphatic rings. The summed E-state index contributed by atoms with van der Waals surface area (Å²) in [7, 11) is 1.30. The number of carbonyl (C=O) groups excluding carboxylic acids is 2. The number of ether oxygens (including phenoxy) is 1. The number of benzene rings is 2. The van der Waals surface area contributed by atoms with Crippen LogP contribution in [0.5, 0.6) is 0 Å². The van der Waals surface area contributed by atoms with Gasteiger partial charge in [0.05, 0.1) is 12.7 Å². The van der Waals surface area contributed by atoms with Gasteiger partial charge in [0.15, 0.2) is 5.76 Å². The molecule has 3 rings (SSSR count). The van der Waals surface area contributed by atoms with Crippen molar-refractivity contribution in [2.45, 2.75) is 0 Å². The first-order valence-electron chi connectivity index (χ1n) is 6.85. The lowest BCUT2D eigenvalue weighted by Gasteiger charge is -2.05. The highest BCUT2D eigenvalue weighted by Gasteiger charge is 2.14. The molecular formula is C17H14N2O4. The molecule has 1 heterocycles. The van der Waals surface area contributed by atoms with Gasteiger partial charge in [0, 0.05) is 16.8 Å². The van der Waals surface area contributed by atoms with E-state index in [0.29, 0.717) is 22.5 Å². The molecule has 116 valence electrons. The molecule has 2 aromatic carbocycles. The summed E-state index contributed by atoms with van der Waals surface area (Å²) < 4.78 is 10.1. The van der Waals surface area contributed by atoms with E-state index in [1.165, 1.54) is 13.2 Å². The van der Waals surface area contributed by atoms with Crippen LogP contribution in [0.2, 0.25) is 0 Å². The number of carbonyl (C=O) groups is 2. The second kappa shape index (κ2) is 5.84. The number of hydrogen-bond acceptors (Lipinski definition) is 5. The van der Waals surface area contributed by atoms with Crippen molar-refractivity contribution in [1.82, 2.24) is 0 Å². The summed E-state index contributed by atoms with van der Waals surface area (Å²) in [6, 6.07) is 13.2. The van der Waals surface area contributed by atoms with Crippen molar-refractivity contribution in [3.8, 4) is 0 Å². The summed E-state index contributed by atoms with van der Waals surface area (Å²) in [4.78, 5) is 23.8. The van der Waals surface area contributed by atoms with Crippen LogP contribution in [0.1, 0.15) is 20.9 Å². The zero-order valence-electron chi connectivity index (χ0n) is 12.3. The Morgan fingerprint density at radius 1 is 1.13 bits per heavy atom. The van der Waals surface area contributed by atoms with Gasteiger partial charge in [-0.2, -0.15) is 0 Å². The Labute approximate surface area is 131 Å². The van der Waals surface area contributed by atoms with Crippen LogP contribution in [0.25, 0.3) is 11.0 Å². The molecule has 0 fully saturated rings. The fourth-order valence-corrected chi connectivity index (χ4v) is 2.21. The number of methoxy groups -OCH3 is 1. The molecule has 0 atom stereocenters. The Bertz CT molecular complexity index is 898. The average molecular weight is 310 g/mol. The van der Waals surface area contributed by atoms with E-state index in [4.69, 9.17) is 10.2 Å². The molecule has 1 amide bonds. The minimum Gasteiger partial charge on any atom is -0.465 e. The van der Waals surface area contributed by atoms with Crippen LogP contribution < -0.4 is 11.1 Å². The topological polar surface area (TPSA) is 94.6 Å². The third kappa shape index (κ3) is 3.01. The highest BCUT2D eigenvalue weighted by Crippen LogP contribution is 2.22. The van der Waals surface area contributed by atoms with Gasteiger partial charge in [-0.1, -0.05) is 6.07 Å². The summed E-state index contributed by atoms with van der Waals surface area (Å²) in [6.45, 7) is 0. The first-order valence-corrected chi connectivity index (χ1v) is 6.85. The minimum atomic E-state index is -0.472. The summed E-state index contributed by atoms with van der Waals surface area (Å²) >= 11 is 0. The first-order chi connectivity index (χ1) is 11.1. The van der Waals surface area contributed by atoms with E-state index in [2.05, 4.69) is 10.1 Å². The van der Waals surface area contributed by atoms with Crippen molar-refractivity contribution in [2.24, 2.45) is 0 Å². The lowest BCUT2D eigenvalue weighted by atomic mass is 10.2. The van der Waals surface area contributed by atoms with Gasteiger partial charge < -0.3 is 20.2 Å². The van der Waals surface area contributed by atoms with Crippen molar-refractivity contribution in [3.63, 3.8) is 0 Å². The summed E-state index contributed by atoms with van der Waals surface area (Å²) in [5, 5.41) is 3.43. The van der Waals surface area contributed by atoms with Crippen LogP contribution in [0.3, 0.4) is 0 Å². The highest BCUT2D eigenvalue weighted by molar-refractivity contribution is 6.05. The summed E-state index contributed by atoms with van der Waals surface area (Å²) in [5.74, 6) is -0.726. The molecule has 0 saturated carbocycles. The van der Waals surface area contributed by atoms with Gasteiger partial charge in [-0.05, 0) is 42.5 Å². The predicted molar refractivity (Wildman–Crippen MR) is 86.4 cm³/mol. The van der Waals surface area contributed by atoms with E-state index >= 15 is 0 Å². The molecular weight excluding hydrogens is 296 g/mol. The largest absolute Gasteiger partial charge is 0.465 e. The zero-order chi connectivity index (χ0) is 16.4. The van der Waals surface area contributed by atoms with Gasteiger partial charge in [-0.25, -0.2) is 4.79 Å². The Hall–Kier alpha value is -3.28. The van der Waals surface area contributed by atoms with Gasteiger partial charge in [-0.3, -0.25) is 4.79 Å². The van der Waals surface area contributed by atoms with Gasteiger partial charge >= 0.3 is 5.97 Å². The van der Waals surface area contributed by atoms with E-state index < -0.39 is 11.9 Å². The highest BCUT2D eigenvalue weighted by atomic mass is 16.5. The minimum absolute atomic E-state index is 0.161. The molecule has 3 aromatic rings. The lowest BCUT2D eigenvalue weighted by molar-refractivity contribution is 0.0600. The predicted octanol–water partition coefficient (Wildman–Crippen LogP) is 3.05. The second-order valence-corrected chi connectivity index (χ2v) is 4.93. The monoisotopic (exact) mass is 310 g/mol. The van der Waals surface area contributed by atoms with Crippen LogP contribution in [-0.4, -0.2) is 19.0 Å². The molecule has 0 aliphatic carbocycles. The summed E-state index contributed by atoms with van der Waals surface area (Å²) in [5.41, 5.74) is 7.69. The maximum atomic E-state index is 12.3. The second-order valence-electron chi connectivity index (χ2n) is 4.93. The number of nitrogens with two attached hydrogens (primary N) is 1. The van der Waals surface area contributed by atoms with Gasteiger partial charge in [0.2, 0.25) is 0 Å². The van der Waals surface area contributed by atoms with Gasteiger partial charge in [-0.15, -0.1) is 0 Å². The van der Waals surface area contributed by atoms with Crippen LogP contribution in [0.4, 0.5) is 11.4 Å². The Morgan fingerprint density at radius 2 is 1.96 bits per heavy atom. The van der Waals surface area contributed by atoms with Crippen LogP contribution >= 0.6 is 0 Å². The Kier molecular flexibility index (Phi) is 3.72. The van der Waals surface area contributed by atoms with Crippen molar-refractivity contribution in [2.75, 3.05) is 18.2 Å². The van der Waals surface area contributed by atoms with Crippen molar-refractivity contribution in [3.05, 3.63) is 59.9 Å². The van der Waals surface area contributed by atoms with Crippen LogP contribution in [-0.2, 0) is 4.74 Å². The molecule has 23 heavy (non-hydrogen) atoms. The van der Waals surface area contributed by atoms with Gasteiger partial charge in [0.25, 0.3) is 5.91 Å². The number of hydrogen-bond donors (Lipinski definition) is 2. The molecule has 0 aliphatic heterocycles. The number of nitrogens with one attached hydrogen (secondary N) is 1. The maximum absolute atomic E-state index is 12.3. The number of nitrogen functional groups attached to an aromatic ring is 1. The lowest BCUT2D eigenvalue weighted by Crippen LogP contribution is -2.11. The van der Waals surface area contributed by atoms with E-state index in [-0.39, 0.29) is 5.76 Å². The number of furan rings is 1. The molecule has 0 unspecified atom stereocenters. The third-order valence-corrected chi connectivity index (χ3v) is 3.31. The fourth-order valence-electron chi connectivity index (χ4n) is 2.21. The number of amides is 1. The fraction of sp³-hybridized carbons (Fsp3) is 0.0588. The quantitative estimate of drug-likeness (QED) is 0.572. The Balaban J connectivity index is 1.84. The summed E-state index contributed by atoms with van der Waals surface area (Å²) in [6.07, 6.45) is 0. The van der Waals surface area contributed by atoms with E-state index in [1.807, 2.05) is 0 Å². The zero-order valence-corrected chi connectivity index (χ0v) is 12.3. The SMILES string of the molecule is COC(=O)c1cccc(NC(=O)c2cc3cc(N)ccc3o2)c1. The van der Waals surface area contributed by atoms with Gasteiger partial charge in [0.1, 0.15) is 5.58 Å². The van der Waals surface area contributed by atoms with Crippen molar-refractivity contribution < 1.29 is 18.7 Å². The normalized spacial score (nSPS) is 10.5. The number of rotatable bonds is 3. The number of anilines is 2. The average Bonchev–Trinajstić information content (AvgIpc) is 2.97. The standard InChI is InChI=1S/C17H14N2O4/c1-22-17(21)10-3-2-4-13(8-10)19-16(20)15-9-11-7-12(18)5-6-14(11)23-15/h2-9H,18H2,1H3,(H,19,20). The molecule has 3 N–H and O–H groups in total. The van der Waals surface area contributed by atoms with Crippen LogP contribution in [0, 0.1) is 0 Å². The Morgan fingerprint density at radius 3 is 2.74 bits per heavy atom. The third-order valence-electron chi connectivity index (χ3n) is 3.31. The molecule has 0 radical (unpaired) electrons. The van der Waals surface area contributed by atoms with Crippen molar-refractivity contribution >= 4 is 34.2 Å². The maximum Gasteiger partial charge on any atom is 0.337 e. The number of esters is 1. The molecule has 1 aromatic heterocycles. The molecule has 0 saturated heterocycles. The molecule has 6 heteroatoms.